The fourth-order valence-corrected chi connectivity index (χ4v) is 3.91. The number of aliphatic carboxylic acids is 1. The van der Waals surface area contributed by atoms with E-state index in [1.54, 1.807) is 7.05 Å². The van der Waals surface area contributed by atoms with Crippen LogP contribution in [-0.2, 0) is 22.7 Å². The molecule has 1 aromatic carbocycles. The minimum absolute atomic E-state index is 0.0713. The molecule has 11 nitrogen and oxygen atoms in total. The fourth-order valence-electron chi connectivity index (χ4n) is 3.91. The molecule has 0 bridgehead atoms. The van der Waals surface area contributed by atoms with Crippen molar-refractivity contribution in [2.24, 2.45) is 0 Å². The predicted octanol–water partition coefficient (Wildman–Crippen LogP) is 1.66. The second-order valence-electron chi connectivity index (χ2n) is 8.24. The molecular weight excluding hydrogens is 461 g/mol. The molecule has 5 N–H and O–H groups in total. The van der Waals surface area contributed by atoms with Gasteiger partial charge in [-0.1, -0.05) is 6.07 Å². The van der Waals surface area contributed by atoms with E-state index >= 15 is 0 Å². The van der Waals surface area contributed by atoms with Crippen LogP contribution < -0.4 is 21.5 Å². The molecule has 1 aliphatic heterocycles. The zero-order valence-corrected chi connectivity index (χ0v) is 19.3. The average Bonchev–Trinajstić information content (AvgIpc) is 3.02. The maximum absolute atomic E-state index is 13.8. The van der Waals surface area contributed by atoms with Gasteiger partial charge >= 0.3 is 5.97 Å². The van der Waals surface area contributed by atoms with E-state index in [4.69, 9.17) is 5.11 Å². The molecule has 1 aromatic heterocycles. The zero-order valence-electron chi connectivity index (χ0n) is 19.3. The Hall–Kier alpha value is -3.80. The van der Waals surface area contributed by atoms with Crippen molar-refractivity contribution in [3.8, 4) is 5.75 Å². The topological polar surface area (TPSA) is 163 Å². The first kappa shape index (κ1) is 25.8. The number of hydrogen-bond donors (Lipinski definition) is 5. The van der Waals surface area contributed by atoms with Gasteiger partial charge in [-0.15, -0.1) is 0 Å². The van der Waals surface area contributed by atoms with Crippen LogP contribution in [0.25, 0.3) is 0 Å². The van der Waals surface area contributed by atoms with Crippen molar-refractivity contribution in [1.29, 1.82) is 0 Å². The molecule has 0 radical (unpaired) electrons. The number of fused-ring (bicyclic) bond motifs is 1. The van der Waals surface area contributed by atoms with Crippen molar-refractivity contribution in [2.45, 2.75) is 57.7 Å². The summed E-state index contributed by atoms with van der Waals surface area (Å²) < 4.78 is 15.2. The maximum Gasteiger partial charge on any atom is 0.303 e. The molecule has 0 aliphatic carbocycles. The van der Waals surface area contributed by atoms with E-state index in [2.05, 4.69) is 20.9 Å². The second kappa shape index (κ2) is 11.6. The van der Waals surface area contributed by atoms with E-state index in [0.717, 1.165) is 31.4 Å². The number of benzene rings is 1. The van der Waals surface area contributed by atoms with Gasteiger partial charge in [-0.2, -0.15) is 0 Å². The summed E-state index contributed by atoms with van der Waals surface area (Å²) in [6.45, 7) is 0.235. The van der Waals surface area contributed by atoms with Crippen molar-refractivity contribution < 1.29 is 29.0 Å². The number of nitrogens with zero attached hydrogens (tertiary/aromatic N) is 2. The first-order valence-corrected chi connectivity index (χ1v) is 11.3. The lowest BCUT2D eigenvalue weighted by Gasteiger charge is -2.18. The highest BCUT2D eigenvalue weighted by Gasteiger charge is 2.26. The van der Waals surface area contributed by atoms with Crippen LogP contribution in [0.2, 0.25) is 0 Å². The normalized spacial score (nSPS) is 15.1. The third-order valence-electron chi connectivity index (χ3n) is 5.75. The summed E-state index contributed by atoms with van der Waals surface area (Å²) in [5.41, 5.74) is -0.631. The monoisotopic (exact) mass is 489 g/mol. The molecule has 0 saturated heterocycles. The third-order valence-corrected chi connectivity index (χ3v) is 5.75. The predicted molar refractivity (Wildman–Crippen MR) is 124 cm³/mol. The summed E-state index contributed by atoms with van der Waals surface area (Å²) in [5.74, 6) is -3.33. The summed E-state index contributed by atoms with van der Waals surface area (Å²) >= 11 is 0. The number of anilines is 1. The van der Waals surface area contributed by atoms with Crippen molar-refractivity contribution in [3.05, 3.63) is 51.5 Å². The highest BCUT2D eigenvalue weighted by Crippen LogP contribution is 2.24. The van der Waals surface area contributed by atoms with Gasteiger partial charge in [0.25, 0.3) is 11.5 Å². The minimum atomic E-state index is -1.03. The molecule has 2 aromatic rings. The fraction of sp³-hybridized carbons (Fsp3) is 0.435. The Morgan fingerprint density at radius 3 is 2.71 bits per heavy atom. The number of carboxylic acid groups (broad SMARTS) is 1. The van der Waals surface area contributed by atoms with Crippen molar-refractivity contribution in [2.75, 3.05) is 12.4 Å². The van der Waals surface area contributed by atoms with Crippen molar-refractivity contribution in [1.82, 2.24) is 20.2 Å². The molecule has 1 aliphatic rings. The number of hydrogen-bond acceptors (Lipinski definition) is 7. The Morgan fingerprint density at radius 1 is 1.23 bits per heavy atom. The molecule has 0 fully saturated rings. The van der Waals surface area contributed by atoms with Crippen molar-refractivity contribution >= 4 is 23.5 Å². The zero-order chi connectivity index (χ0) is 25.5. The van der Waals surface area contributed by atoms with Crippen LogP contribution in [0.4, 0.5) is 10.1 Å². The summed E-state index contributed by atoms with van der Waals surface area (Å²) in [6.07, 6.45) is 2.19. The van der Waals surface area contributed by atoms with Gasteiger partial charge in [0, 0.05) is 31.6 Å². The van der Waals surface area contributed by atoms with Crippen LogP contribution in [0.15, 0.2) is 23.0 Å². The molecule has 1 atom stereocenters. The molecule has 0 spiro atoms. The lowest BCUT2D eigenvalue weighted by molar-refractivity contribution is -0.137. The number of rotatable bonds is 9. The second-order valence-corrected chi connectivity index (χ2v) is 8.24. The molecule has 35 heavy (non-hydrogen) atoms. The van der Waals surface area contributed by atoms with Crippen LogP contribution in [0.5, 0.6) is 5.75 Å². The number of carbonyl (C=O) groups is 3. The Labute approximate surface area is 200 Å². The van der Waals surface area contributed by atoms with Crippen LogP contribution in [0.3, 0.4) is 0 Å². The molecule has 1 unspecified atom stereocenters. The molecule has 188 valence electrons. The van der Waals surface area contributed by atoms with Gasteiger partial charge in [0.15, 0.2) is 5.69 Å². The summed E-state index contributed by atoms with van der Waals surface area (Å²) in [5, 5.41) is 27.2. The molecule has 2 amide bonds. The van der Waals surface area contributed by atoms with Crippen LogP contribution in [0.1, 0.15) is 66.4 Å². The molecule has 3 rings (SSSR count). The van der Waals surface area contributed by atoms with E-state index in [1.165, 1.54) is 10.6 Å². The Balaban J connectivity index is 1.77. The minimum Gasteiger partial charge on any atom is -0.501 e. The first-order chi connectivity index (χ1) is 16.7. The molecule has 12 heteroatoms. The van der Waals surface area contributed by atoms with Crippen LogP contribution in [-0.4, -0.2) is 44.6 Å². The summed E-state index contributed by atoms with van der Waals surface area (Å²) in [6, 6.07) is 3.36. The third kappa shape index (κ3) is 6.41. The van der Waals surface area contributed by atoms with Gasteiger partial charge in [-0.05, 0) is 50.4 Å². The highest BCUT2D eigenvalue weighted by molar-refractivity contribution is 5.95. The number of carboxylic acids is 1. The lowest BCUT2D eigenvalue weighted by atomic mass is 10.1. The maximum atomic E-state index is 13.8. The van der Waals surface area contributed by atoms with Gasteiger partial charge < -0.3 is 26.2 Å². The van der Waals surface area contributed by atoms with Crippen LogP contribution >= 0.6 is 0 Å². The summed E-state index contributed by atoms with van der Waals surface area (Å²) in [7, 11) is 1.73. The van der Waals surface area contributed by atoms with E-state index in [1.807, 2.05) is 0 Å². The lowest BCUT2D eigenvalue weighted by Crippen LogP contribution is -2.33. The Kier molecular flexibility index (Phi) is 8.53. The summed E-state index contributed by atoms with van der Waals surface area (Å²) in [4.78, 5) is 52.6. The Morgan fingerprint density at radius 2 is 2.00 bits per heavy atom. The molecule has 2 heterocycles. The SMILES string of the molecule is CNC1CCCCn2c1nc(C(=O)NCc1ccc(F)cc1NC(=O)CCCC(=O)O)c(O)c2=O. The van der Waals surface area contributed by atoms with Gasteiger partial charge in [-0.25, -0.2) is 9.37 Å². The number of aromatic nitrogens is 2. The first-order valence-electron chi connectivity index (χ1n) is 11.3. The van der Waals surface area contributed by atoms with Crippen molar-refractivity contribution in [3.63, 3.8) is 0 Å². The van der Waals surface area contributed by atoms with Gasteiger partial charge in [0.05, 0.1) is 6.04 Å². The van der Waals surface area contributed by atoms with Gasteiger partial charge in [0.1, 0.15) is 11.6 Å². The van der Waals surface area contributed by atoms with E-state index in [0.29, 0.717) is 17.9 Å². The number of carbonyl (C=O) groups excluding carboxylic acids is 2. The van der Waals surface area contributed by atoms with Crippen LogP contribution in [0, 0.1) is 5.82 Å². The van der Waals surface area contributed by atoms with Gasteiger partial charge in [0.2, 0.25) is 11.7 Å². The van der Waals surface area contributed by atoms with Gasteiger partial charge in [-0.3, -0.25) is 23.7 Å². The van der Waals surface area contributed by atoms with E-state index in [-0.39, 0.29) is 37.5 Å². The van der Waals surface area contributed by atoms with E-state index < -0.39 is 40.6 Å². The Bertz CT molecular complexity index is 1180. The molecular formula is C23H28FN5O6. The highest BCUT2D eigenvalue weighted by atomic mass is 19.1. The van der Waals surface area contributed by atoms with E-state index in [9.17, 15) is 28.7 Å². The molecule has 0 saturated carbocycles. The smallest absolute Gasteiger partial charge is 0.303 e. The number of aromatic hydroxyl groups is 1. The number of halogens is 1. The largest absolute Gasteiger partial charge is 0.501 e. The quantitative estimate of drug-likeness (QED) is 0.355. The number of amides is 2. The number of nitrogens with one attached hydrogen (secondary N) is 3. The standard InChI is InChI=1S/C23H28FN5O6/c1-25-15-5-2-3-10-29-21(15)28-19(20(33)23(29)35)22(34)26-12-13-8-9-14(24)11-16(13)27-17(30)6-4-7-18(31)32/h8-9,11,15,25,33H,2-7,10,12H2,1H3,(H,26,34)(H,27,30)(H,31,32). The average molecular weight is 490 g/mol.